The molecule has 0 aliphatic rings. The Morgan fingerprint density at radius 3 is 1.95 bits per heavy atom. The lowest BCUT2D eigenvalue weighted by atomic mass is 10.1. The maximum absolute atomic E-state index is 4.66. The van der Waals surface area contributed by atoms with Gasteiger partial charge in [-0.15, -0.1) is 0 Å². The molecule has 0 amide bonds. The maximum Gasteiger partial charge on any atom is 0.228 e. The number of hydrogen-bond donors (Lipinski definition) is 2. The lowest BCUT2D eigenvalue weighted by molar-refractivity contribution is 0.590. The third kappa shape index (κ3) is 8.98. The average molecular weight is 533 g/mol. The van der Waals surface area contributed by atoms with Crippen LogP contribution < -0.4 is 10.6 Å². The molecule has 2 aromatic carbocycles. The lowest BCUT2D eigenvalue weighted by Crippen LogP contribution is -2.15. The molecule has 4 rings (SSSR count). The first kappa shape index (κ1) is 26.8. The Hall–Kier alpha value is -3.24. The summed E-state index contributed by atoms with van der Waals surface area (Å²) in [5, 5.41) is 8.11. The van der Waals surface area contributed by atoms with Gasteiger partial charge in [-0.1, -0.05) is 56.7 Å². The van der Waals surface area contributed by atoms with Crippen molar-refractivity contribution in [2.24, 2.45) is 5.92 Å². The molecule has 37 heavy (non-hydrogen) atoms. The zero-order chi connectivity index (χ0) is 25.9. The van der Waals surface area contributed by atoms with Gasteiger partial charge in [-0.05, 0) is 67.1 Å². The molecule has 2 aromatic heterocycles. The van der Waals surface area contributed by atoms with Crippen molar-refractivity contribution in [1.29, 1.82) is 0 Å². The Balaban J connectivity index is 1.37. The molecule has 0 saturated carbocycles. The van der Waals surface area contributed by atoms with Crippen LogP contribution in [0.5, 0.6) is 0 Å². The number of aryl methyl sites for hydroxylation is 2. The van der Waals surface area contributed by atoms with E-state index in [0.29, 0.717) is 29.5 Å². The van der Waals surface area contributed by atoms with Crippen molar-refractivity contribution < 1.29 is 0 Å². The van der Waals surface area contributed by atoms with Crippen molar-refractivity contribution in [3.05, 3.63) is 72.3 Å². The molecule has 8 nitrogen and oxygen atoms in total. The van der Waals surface area contributed by atoms with E-state index in [0.717, 1.165) is 52.4 Å². The van der Waals surface area contributed by atoms with Crippen LogP contribution in [0, 0.1) is 12.8 Å². The van der Waals surface area contributed by atoms with E-state index in [4.69, 9.17) is 0 Å². The number of anilines is 2. The normalized spacial score (nSPS) is 11.8. The molecule has 0 saturated heterocycles. The van der Waals surface area contributed by atoms with Gasteiger partial charge in [0.25, 0.3) is 0 Å². The molecule has 1 unspecified atom stereocenters. The van der Waals surface area contributed by atoms with E-state index in [9.17, 15) is 0 Å². The van der Waals surface area contributed by atoms with Gasteiger partial charge in [-0.3, -0.25) is 0 Å². The van der Waals surface area contributed by atoms with Crippen LogP contribution in [0.15, 0.2) is 80.8 Å². The van der Waals surface area contributed by atoms with E-state index in [1.807, 2.05) is 43.3 Å². The molecule has 2 heterocycles. The largest absolute Gasteiger partial charge is 0.354 e. The first-order chi connectivity index (χ1) is 18.1. The second kappa shape index (κ2) is 13.9. The van der Waals surface area contributed by atoms with E-state index >= 15 is 0 Å². The molecule has 192 valence electrons. The molecule has 0 spiro atoms. The highest BCUT2D eigenvalue weighted by atomic mass is 32.2. The summed E-state index contributed by atoms with van der Waals surface area (Å²) in [5.41, 5.74) is 0. The van der Waals surface area contributed by atoms with Gasteiger partial charge in [0.2, 0.25) is 11.9 Å². The zero-order valence-corrected chi connectivity index (χ0v) is 23.0. The quantitative estimate of drug-likeness (QED) is 0.194. The first-order valence-electron chi connectivity index (χ1n) is 12.5. The molecule has 0 fully saturated rings. The number of nitrogens with zero attached hydrogens (tertiary/aromatic N) is 6. The fraction of sp³-hybridized carbons (Fsp3) is 0.333. The summed E-state index contributed by atoms with van der Waals surface area (Å²) < 4.78 is 0. The molecule has 0 aliphatic carbocycles. The summed E-state index contributed by atoms with van der Waals surface area (Å²) in [6, 6.07) is 20.3. The van der Waals surface area contributed by atoms with E-state index in [2.05, 4.69) is 78.7 Å². The van der Waals surface area contributed by atoms with Gasteiger partial charge in [-0.25, -0.2) is 15.0 Å². The molecular weight excluding hydrogens is 500 g/mol. The highest BCUT2D eigenvalue weighted by Gasteiger charge is 2.10. The molecular formula is C27H32N8S2. The minimum Gasteiger partial charge on any atom is -0.354 e. The van der Waals surface area contributed by atoms with E-state index < -0.39 is 0 Å². The Labute approximate surface area is 227 Å². The van der Waals surface area contributed by atoms with Gasteiger partial charge in [0.1, 0.15) is 11.6 Å². The van der Waals surface area contributed by atoms with Crippen molar-refractivity contribution in [1.82, 2.24) is 29.9 Å². The summed E-state index contributed by atoms with van der Waals surface area (Å²) in [6.07, 6.45) is 2.66. The van der Waals surface area contributed by atoms with Gasteiger partial charge in [0.15, 0.2) is 10.3 Å². The molecule has 0 aliphatic heterocycles. The number of benzene rings is 2. The molecule has 4 aromatic rings. The number of rotatable bonds is 13. The van der Waals surface area contributed by atoms with Gasteiger partial charge >= 0.3 is 0 Å². The smallest absolute Gasteiger partial charge is 0.228 e. The topological polar surface area (TPSA) is 101 Å². The third-order valence-corrected chi connectivity index (χ3v) is 7.20. The monoisotopic (exact) mass is 532 g/mol. The molecule has 2 N–H and O–H groups in total. The summed E-state index contributed by atoms with van der Waals surface area (Å²) in [7, 11) is 0. The van der Waals surface area contributed by atoms with Crippen LogP contribution >= 0.6 is 23.5 Å². The van der Waals surface area contributed by atoms with Crippen LogP contribution in [-0.2, 0) is 6.42 Å². The fourth-order valence-electron chi connectivity index (χ4n) is 3.27. The van der Waals surface area contributed by atoms with Gasteiger partial charge in [0.05, 0.1) is 0 Å². The molecule has 0 bridgehead atoms. The van der Waals surface area contributed by atoms with Crippen molar-refractivity contribution >= 4 is 35.4 Å². The van der Waals surface area contributed by atoms with Crippen LogP contribution in [-0.4, -0.2) is 43.0 Å². The van der Waals surface area contributed by atoms with Crippen molar-refractivity contribution in [2.75, 3.05) is 23.7 Å². The zero-order valence-electron chi connectivity index (χ0n) is 21.4. The van der Waals surface area contributed by atoms with Gasteiger partial charge in [-0.2, -0.15) is 15.0 Å². The average Bonchev–Trinajstić information content (AvgIpc) is 2.90. The highest BCUT2D eigenvalue weighted by Crippen LogP contribution is 2.26. The predicted octanol–water partition coefficient (Wildman–Crippen LogP) is 6.17. The summed E-state index contributed by atoms with van der Waals surface area (Å²) in [6.45, 7) is 7.80. The first-order valence-corrected chi connectivity index (χ1v) is 14.1. The minimum absolute atomic E-state index is 0.534. The van der Waals surface area contributed by atoms with E-state index in [1.54, 1.807) is 11.8 Å². The van der Waals surface area contributed by atoms with Crippen LogP contribution in [0.25, 0.3) is 0 Å². The minimum atomic E-state index is 0.534. The van der Waals surface area contributed by atoms with Crippen molar-refractivity contribution in [3.63, 3.8) is 0 Å². The number of nitrogens with one attached hydrogen (secondary N) is 2. The predicted molar refractivity (Wildman–Crippen MR) is 150 cm³/mol. The van der Waals surface area contributed by atoms with Crippen LogP contribution in [0.4, 0.5) is 11.9 Å². The Morgan fingerprint density at radius 2 is 1.32 bits per heavy atom. The molecule has 1 atom stereocenters. The fourth-order valence-corrected chi connectivity index (χ4v) is 4.87. The second-order valence-corrected chi connectivity index (χ2v) is 10.7. The highest BCUT2D eigenvalue weighted by molar-refractivity contribution is 7.99. The Bertz CT molecular complexity index is 1260. The van der Waals surface area contributed by atoms with Gasteiger partial charge in [0, 0.05) is 29.3 Å². The maximum atomic E-state index is 4.66. The van der Waals surface area contributed by atoms with Crippen molar-refractivity contribution in [2.45, 2.75) is 60.1 Å². The van der Waals surface area contributed by atoms with Crippen molar-refractivity contribution in [3.8, 4) is 0 Å². The van der Waals surface area contributed by atoms with E-state index in [1.165, 1.54) is 11.8 Å². The molecule has 10 heteroatoms. The Kier molecular flexibility index (Phi) is 10.1. The summed E-state index contributed by atoms with van der Waals surface area (Å²) >= 11 is 3.07. The third-order valence-electron chi connectivity index (χ3n) is 5.46. The second-order valence-electron chi connectivity index (χ2n) is 8.60. The Morgan fingerprint density at radius 1 is 0.730 bits per heavy atom. The standard InChI is InChI=1S/C27H32N8S2/c1-4-19(2)18-29-25-33-24(34-27(35-25)37-22-14-9-6-10-15-22)28-17-11-16-23-30-20(3)31-26(32-23)36-21-12-7-5-8-13-21/h5-10,12-15,19H,4,11,16-18H2,1-3H3,(H2,28,29,33,34,35). The van der Waals surface area contributed by atoms with Crippen LogP contribution in [0.1, 0.15) is 38.3 Å². The summed E-state index contributed by atoms with van der Waals surface area (Å²) in [5.74, 6) is 3.21. The van der Waals surface area contributed by atoms with E-state index in [-0.39, 0.29) is 0 Å². The SMILES string of the molecule is CCC(C)CNc1nc(NCCCc2nc(C)nc(Sc3ccccc3)n2)nc(Sc2ccccc2)n1. The van der Waals surface area contributed by atoms with Crippen LogP contribution in [0.2, 0.25) is 0 Å². The number of aromatic nitrogens is 6. The molecule has 0 radical (unpaired) electrons. The summed E-state index contributed by atoms with van der Waals surface area (Å²) in [4.78, 5) is 29.7. The van der Waals surface area contributed by atoms with Gasteiger partial charge < -0.3 is 10.6 Å². The lowest BCUT2D eigenvalue weighted by Gasteiger charge is -2.12. The number of hydrogen-bond acceptors (Lipinski definition) is 10. The van der Waals surface area contributed by atoms with Crippen LogP contribution in [0.3, 0.4) is 0 Å².